The maximum absolute atomic E-state index is 6.18. The molecule has 2 bridgehead atoms. The maximum atomic E-state index is 6.18. The molecular weight excluding hydrogens is 291 g/mol. The van der Waals surface area contributed by atoms with Crippen molar-refractivity contribution in [2.45, 2.75) is 57.2 Å². The molecule has 2 aliphatic rings. The van der Waals surface area contributed by atoms with E-state index in [1.165, 1.54) is 37.8 Å². The van der Waals surface area contributed by atoms with Gasteiger partial charge in [0.05, 0.1) is 0 Å². The lowest BCUT2D eigenvalue weighted by atomic mass is 9.81. The average molecular weight is 313 g/mol. The van der Waals surface area contributed by atoms with Crippen molar-refractivity contribution in [2.75, 3.05) is 11.4 Å². The van der Waals surface area contributed by atoms with Crippen LogP contribution in [0.2, 0.25) is 10.0 Å². The van der Waals surface area contributed by atoms with E-state index in [4.69, 9.17) is 23.2 Å². The fraction of sp³-hybridized carbons (Fsp3) is 0.625. The van der Waals surface area contributed by atoms with Gasteiger partial charge in [0.1, 0.15) is 0 Å². The fourth-order valence-corrected chi connectivity index (χ4v) is 4.46. The average Bonchev–Trinajstić information content (AvgIpc) is 2.36. The molecule has 0 spiro atoms. The van der Waals surface area contributed by atoms with Crippen LogP contribution in [0.25, 0.3) is 0 Å². The number of piperidine rings is 2. The molecule has 2 saturated heterocycles. The van der Waals surface area contributed by atoms with Crippen LogP contribution < -0.4 is 10.2 Å². The number of fused-ring (bicyclic) bond motifs is 2. The van der Waals surface area contributed by atoms with Gasteiger partial charge in [-0.2, -0.15) is 0 Å². The van der Waals surface area contributed by atoms with Crippen LogP contribution in [0.3, 0.4) is 0 Å². The summed E-state index contributed by atoms with van der Waals surface area (Å²) in [6.07, 6.45) is 6.37. The minimum atomic E-state index is 0.626. The van der Waals surface area contributed by atoms with Crippen molar-refractivity contribution in [3.63, 3.8) is 0 Å². The highest BCUT2D eigenvalue weighted by atomic mass is 35.5. The summed E-state index contributed by atoms with van der Waals surface area (Å²) in [6.45, 7) is 3.26. The molecule has 4 heteroatoms. The van der Waals surface area contributed by atoms with E-state index in [9.17, 15) is 0 Å². The molecule has 0 saturated carbocycles. The van der Waals surface area contributed by atoms with Crippen LogP contribution in [0.5, 0.6) is 0 Å². The molecule has 3 rings (SSSR count). The van der Waals surface area contributed by atoms with Crippen molar-refractivity contribution in [3.05, 3.63) is 28.2 Å². The first-order valence-electron chi connectivity index (χ1n) is 7.65. The van der Waals surface area contributed by atoms with Crippen LogP contribution in [0, 0.1) is 0 Å². The van der Waals surface area contributed by atoms with Gasteiger partial charge >= 0.3 is 0 Å². The van der Waals surface area contributed by atoms with Crippen molar-refractivity contribution in [1.29, 1.82) is 0 Å². The van der Waals surface area contributed by atoms with E-state index in [-0.39, 0.29) is 0 Å². The number of nitrogens with one attached hydrogen (secondary N) is 1. The molecule has 2 fully saturated rings. The first-order chi connectivity index (χ1) is 9.67. The second kappa shape index (κ2) is 6.13. The number of hydrogen-bond donors (Lipinski definition) is 1. The second-order valence-electron chi connectivity index (χ2n) is 6.00. The molecule has 2 unspecified atom stereocenters. The van der Waals surface area contributed by atoms with E-state index in [1.807, 2.05) is 6.07 Å². The highest BCUT2D eigenvalue weighted by Crippen LogP contribution is 2.39. The van der Waals surface area contributed by atoms with Gasteiger partial charge < -0.3 is 10.2 Å². The highest BCUT2D eigenvalue weighted by molar-refractivity contribution is 6.35. The van der Waals surface area contributed by atoms with Crippen LogP contribution in [0.4, 0.5) is 5.69 Å². The lowest BCUT2D eigenvalue weighted by molar-refractivity contribution is 0.247. The molecule has 2 nitrogen and oxygen atoms in total. The third kappa shape index (κ3) is 2.93. The predicted molar refractivity (Wildman–Crippen MR) is 87.1 cm³/mol. The third-order valence-corrected chi connectivity index (χ3v) is 5.05. The second-order valence-corrected chi connectivity index (χ2v) is 6.87. The van der Waals surface area contributed by atoms with Gasteiger partial charge in [-0.15, -0.1) is 0 Å². The number of nitrogens with zero attached hydrogens (tertiary/aromatic N) is 1. The van der Waals surface area contributed by atoms with E-state index < -0.39 is 0 Å². The lowest BCUT2D eigenvalue weighted by Crippen LogP contribution is -2.56. The van der Waals surface area contributed by atoms with Gasteiger partial charge in [-0.05, 0) is 56.8 Å². The molecule has 0 aromatic heterocycles. The van der Waals surface area contributed by atoms with Crippen LogP contribution in [0.1, 0.15) is 39.0 Å². The molecule has 0 amide bonds. The summed E-state index contributed by atoms with van der Waals surface area (Å²) >= 11 is 12.4. The van der Waals surface area contributed by atoms with Crippen LogP contribution in [-0.4, -0.2) is 24.7 Å². The summed E-state index contributed by atoms with van der Waals surface area (Å²) in [5.74, 6) is 0. The Hall–Kier alpha value is -0.440. The smallest absolute Gasteiger partial charge is 0.0441 e. The molecule has 1 aromatic carbocycles. The molecule has 0 radical (unpaired) electrons. The molecule has 1 aromatic rings. The van der Waals surface area contributed by atoms with E-state index in [0.717, 1.165) is 16.6 Å². The van der Waals surface area contributed by atoms with Gasteiger partial charge in [0.2, 0.25) is 0 Å². The minimum Gasteiger partial charge on any atom is -0.365 e. The molecular formula is C16H22Cl2N2. The zero-order chi connectivity index (χ0) is 14.1. The number of rotatable bonds is 3. The summed E-state index contributed by atoms with van der Waals surface area (Å²) in [7, 11) is 0. The summed E-state index contributed by atoms with van der Waals surface area (Å²) in [6, 6.07) is 7.86. The zero-order valence-electron chi connectivity index (χ0n) is 11.9. The SMILES string of the molecule is CCNC1CC2CCCC(C1)N2c1cc(Cl)cc(Cl)c1. The predicted octanol–water partition coefficient (Wildman–Crippen LogP) is 4.49. The molecule has 1 N–H and O–H groups in total. The summed E-state index contributed by atoms with van der Waals surface area (Å²) in [4.78, 5) is 2.58. The van der Waals surface area contributed by atoms with Crippen molar-refractivity contribution < 1.29 is 0 Å². The lowest BCUT2D eigenvalue weighted by Gasteiger charge is -2.50. The Morgan fingerprint density at radius 1 is 1.10 bits per heavy atom. The Labute approximate surface area is 131 Å². The molecule has 2 atom stereocenters. The number of anilines is 1. The number of hydrogen-bond acceptors (Lipinski definition) is 2. The Bertz CT molecular complexity index is 443. The van der Waals surface area contributed by atoms with Crippen molar-refractivity contribution in [2.24, 2.45) is 0 Å². The third-order valence-electron chi connectivity index (χ3n) is 4.61. The van der Waals surface area contributed by atoms with Gasteiger partial charge in [0.25, 0.3) is 0 Å². The van der Waals surface area contributed by atoms with Crippen LogP contribution in [-0.2, 0) is 0 Å². The summed E-state index contributed by atoms with van der Waals surface area (Å²) < 4.78 is 0. The normalized spacial score (nSPS) is 29.6. The highest BCUT2D eigenvalue weighted by Gasteiger charge is 2.38. The molecule has 20 heavy (non-hydrogen) atoms. The first kappa shape index (κ1) is 14.5. The standard InChI is InChI=1S/C16H22Cl2N2/c1-2-19-13-9-14-4-3-5-15(10-13)20(14)16-7-11(17)6-12(18)8-16/h6-8,13-15,19H,2-5,9-10H2,1H3. The number of benzene rings is 1. The van der Waals surface area contributed by atoms with Gasteiger partial charge in [0.15, 0.2) is 0 Å². The van der Waals surface area contributed by atoms with Gasteiger partial charge in [0, 0.05) is 33.9 Å². The van der Waals surface area contributed by atoms with Crippen LogP contribution >= 0.6 is 23.2 Å². The van der Waals surface area contributed by atoms with E-state index in [2.05, 4.69) is 29.3 Å². The quantitative estimate of drug-likeness (QED) is 0.884. The molecule has 0 aliphatic carbocycles. The molecule has 2 heterocycles. The Morgan fingerprint density at radius 2 is 1.70 bits per heavy atom. The van der Waals surface area contributed by atoms with E-state index >= 15 is 0 Å². The monoisotopic (exact) mass is 312 g/mol. The Balaban J connectivity index is 1.86. The van der Waals surface area contributed by atoms with Crippen molar-refractivity contribution in [3.8, 4) is 0 Å². The zero-order valence-corrected chi connectivity index (χ0v) is 13.4. The minimum absolute atomic E-state index is 0.626. The Kier molecular flexibility index (Phi) is 4.44. The number of halogens is 2. The topological polar surface area (TPSA) is 15.3 Å². The first-order valence-corrected chi connectivity index (χ1v) is 8.40. The van der Waals surface area contributed by atoms with Gasteiger partial charge in [-0.1, -0.05) is 30.1 Å². The summed E-state index contributed by atoms with van der Waals surface area (Å²) in [5.41, 5.74) is 1.20. The van der Waals surface area contributed by atoms with E-state index in [0.29, 0.717) is 18.1 Å². The van der Waals surface area contributed by atoms with Gasteiger partial charge in [-0.25, -0.2) is 0 Å². The van der Waals surface area contributed by atoms with Crippen molar-refractivity contribution in [1.82, 2.24) is 5.32 Å². The van der Waals surface area contributed by atoms with E-state index in [1.54, 1.807) is 0 Å². The maximum Gasteiger partial charge on any atom is 0.0441 e. The summed E-state index contributed by atoms with van der Waals surface area (Å²) in [5, 5.41) is 5.10. The van der Waals surface area contributed by atoms with Crippen LogP contribution in [0.15, 0.2) is 18.2 Å². The Morgan fingerprint density at radius 3 is 2.25 bits per heavy atom. The molecule has 2 aliphatic heterocycles. The largest absolute Gasteiger partial charge is 0.365 e. The fourth-order valence-electron chi connectivity index (χ4n) is 3.95. The van der Waals surface area contributed by atoms with Crippen molar-refractivity contribution >= 4 is 28.9 Å². The van der Waals surface area contributed by atoms with Gasteiger partial charge in [-0.3, -0.25) is 0 Å². The molecule has 110 valence electrons.